The standard InChI is InChI=1S/C32H34F4N4O6/c1-31(2,3)45-29(42)40(30(43)46-32(4,5)6)28-37-25-17-19(11-13-39(25)38-28)20-15-23(35)26(36)24(16-20)44-14-12-22(34)27(41)18-7-9-21(33)10-8-18/h7-11,13,15-17,22,27,41H,12,14H2,1-6H3. The first-order valence-electron chi connectivity index (χ1n) is 14.2. The van der Waals surface area contributed by atoms with E-state index in [-0.39, 0.29) is 29.1 Å². The quantitative estimate of drug-likeness (QED) is 0.198. The average Bonchev–Trinajstić information content (AvgIpc) is 3.35. The van der Waals surface area contributed by atoms with Crippen LogP contribution in [-0.4, -0.2) is 55.9 Å². The second kappa shape index (κ2) is 13.3. The highest BCUT2D eigenvalue weighted by Gasteiger charge is 2.35. The molecule has 0 bridgehead atoms. The van der Waals surface area contributed by atoms with E-state index in [0.29, 0.717) is 10.5 Å². The molecule has 46 heavy (non-hydrogen) atoms. The van der Waals surface area contributed by atoms with Crippen molar-refractivity contribution in [3.8, 4) is 16.9 Å². The third-order valence-electron chi connectivity index (χ3n) is 6.21. The van der Waals surface area contributed by atoms with Crippen LogP contribution in [0.5, 0.6) is 5.75 Å². The van der Waals surface area contributed by atoms with Crippen molar-refractivity contribution in [1.82, 2.24) is 14.6 Å². The number of hydrogen-bond acceptors (Lipinski definition) is 8. The van der Waals surface area contributed by atoms with Gasteiger partial charge in [0.25, 0.3) is 5.95 Å². The molecule has 4 rings (SSSR count). The monoisotopic (exact) mass is 646 g/mol. The number of rotatable bonds is 8. The molecule has 14 heteroatoms. The predicted molar refractivity (Wildman–Crippen MR) is 160 cm³/mol. The number of imide groups is 1. The highest BCUT2D eigenvalue weighted by Crippen LogP contribution is 2.31. The lowest BCUT2D eigenvalue weighted by Crippen LogP contribution is -2.44. The lowest BCUT2D eigenvalue weighted by Gasteiger charge is -2.26. The molecular formula is C32H34F4N4O6. The van der Waals surface area contributed by atoms with Gasteiger partial charge >= 0.3 is 12.2 Å². The van der Waals surface area contributed by atoms with Crippen molar-refractivity contribution < 1.29 is 46.5 Å². The summed E-state index contributed by atoms with van der Waals surface area (Å²) in [6, 6.07) is 9.74. The summed E-state index contributed by atoms with van der Waals surface area (Å²) in [5, 5.41) is 14.4. The third-order valence-corrected chi connectivity index (χ3v) is 6.21. The molecule has 0 aliphatic carbocycles. The number of aliphatic hydroxyl groups is 1. The maximum absolute atomic E-state index is 14.6. The Morgan fingerprint density at radius 3 is 2.11 bits per heavy atom. The Balaban J connectivity index is 1.56. The van der Waals surface area contributed by atoms with Crippen molar-refractivity contribution in [1.29, 1.82) is 0 Å². The summed E-state index contributed by atoms with van der Waals surface area (Å²) in [7, 11) is 0. The molecule has 2 heterocycles. The van der Waals surface area contributed by atoms with Crippen LogP contribution in [0.25, 0.3) is 16.8 Å². The number of hydrogen-bond donors (Lipinski definition) is 1. The molecule has 2 aromatic carbocycles. The second-order valence-corrected chi connectivity index (χ2v) is 12.3. The zero-order valence-electron chi connectivity index (χ0n) is 26.1. The molecule has 2 atom stereocenters. The summed E-state index contributed by atoms with van der Waals surface area (Å²) in [6.45, 7) is 9.31. The maximum atomic E-state index is 14.6. The number of benzene rings is 2. The number of carbonyl (C=O) groups excluding carboxylic acids is 2. The van der Waals surface area contributed by atoms with Crippen molar-refractivity contribution in [3.05, 3.63) is 77.7 Å². The highest BCUT2D eigenvalue weighted by molar-refractivity contribution is 6.08. The molecular weight excluding hydrogens is 612 g/mol. The molecule has 0 radical (unpaired) electrons. The topological polar surface area (TPSA) is 115 Å². The van der Waals surface area contributed by atoms with E-state index in [4.69, 9.17) is 14.2 Å². The van der Waals surface area contributed by atoms with Crippen LogP contribution < -0.4 is 9.64 Å². The van der Waals surface area contributed by atoms with Gasteiger partial charge in [-0.3, -0.25) is 0 Å². The number of fused-ring (bicyclic) bond motifs is 1. The van der Waals surface area contributed by atoms with E-state index < -0.39 is 65.5 Å². The zero-order chi connectivity index (χ0) is 34.0. The van der Waals surface area contributed by atoms with Gasteiger partial charge in [-0.2, -0.15) is 9.37 Å². The minimum atomic E-state index is -1.83. The molecule has 2 unspecified atom stereocenters. The zero-order valence-corrected chi connectivity index (χ0v) is 26.1. The van der Waals surface area contributed by atoms with E-state index in [1.165, 1.54) is 41.0 Å². The molecule has 0 aliphatic rings. The molecule has 246 valence electrons. The van der Waals surface area contributed by atoms with Gasteiger partial charge in [0.2, 0.25) is 5.82 Å². The minimum Gasteiger partial charge on any atom is -0.490 e. The van der Waals surface area contributed by atoms with E-state index in [0.717, 1.165) is 18.2 Å². The lowest BCUT2D eigenvalue weighted by molar-refractivity contribution is 0.0427. The molecule has 10 nitrogen and oxygen atoms in total. The molecule has 4 aromatic rings. The van der Waals surface area contributed by atoms with Gasteiger partial charge in [-0.05, 0) is 94.6 Å². The average molecular weight is 647 g/mol. The van der Waals surface area contributed by atoms with E-state index in [2.05, 4.69) is 10.1 Å². The van der Waals surface area contributed by atoms with Gasteiger partial charge in [0, 0.05) is 12.6 Å². The van der Waals surface area contributed by atoms with Crippen molar-refractivity contribution in [2.75, 3.05) is 11.5 Å². The van der Waals surface area contributed by atoms with E-state index in [1.54, 1.807) is 41.5 Å². The molecule has 0 saturated carbocycles. The van der Waals surface area contributed by atoms with Gasteiger partial charge in [-0.1, -0.05) is 12.1 Å². The first-order valence-corrected chi connectivity index (χ1v) is 14.2. The number of alkyl halides is 1. The van der Waals surface area contributed by atoms with Crippen molar-refractivity contribution in [2.24, 2.45) is 0 Å². The number of pyridine rings is 1. The molecule has 0 spiro atoms. The van der Waals surface area contributed by atoms with Crippen LogP contribution in [0.1, 0.15) is 59.6 Å². The lowest BCUT2D eigenvalue weighted by atomic mass is 10.0. The summed E-state index contributed by atoms with van der Waals surface area (Å²) in [5.74, 6) is -3.92. The van der Waals surface area contributed by atoms with E-state index in [1.807, 2.05) is 0 Å². The second-order valence-electron chi connectivity index (χ2n) is 12.3. The first-order chi connectivity index (χ1) is 21.4. The van der Waals surface area contributed by atoms with Crippen molar-refractivity contribution in [2.45, 2.75) is 71.4 Å². The predicted octanol–water partition coefficient (Wildman–Crippen LogP) is 7.33. The van der Waals surface area contributed by atoms with Crippen LogP contribution in [0.4, 0.5) is 33.1 Å². The maximum Gasteiger partial charge on any atom is 0.427 e. The Morgan fingerprint density at radius 1 is 0.913 bits per heavy atom. The van der Waals surface area contributed by atoms with Crippen LogP contribution in [0.3, 0.4) is 0 Å². The van der Waals surface area contributed by atoms with Crippen molar-refractivity contribution in [3.63, 3.8) is 0 Å². The Morgan fingerprint density at radius 2 is 1.52 bits per heavy atom. The fourth-order valence-electron chi connectivity index (χ4n) is 4.14. The van der Waals surface area contributed by atoms with Crippen LogP contribution >= 0.6 is 0 Å². The number of aromatic nitrogens is 3. The largest absolute Gasteiger partial charge is 0.490 e. The first kappa shape index (κ1) is 34.2. The molecule has 0 saturated heterocycles. The molecule has 0 fully saturated rings. The smallest absolute Gasteiger partial charge is 0.427 e. The Labute approximate surface area is 262 Å². The summed E-state index contributed by atoms with van der Waals surface area (Å²) in [6.07, 6.45) is -4.48. The molecule has 1 N–H and O–H groups in total. The van der Waals surface area contributed by atoms with Gasteiger partial charge in [0.1, 0.15) is 29.3 Å². The number of amides is 2. The van der Waals surface area contributed by atoms with E-state index >= 15 is 0 Å². The Bertz CT molecular complexity index is 1690. The number of halogens is 4. The number of ether oxygens (including phenoxy) is 3. The van der Waals surface area contributed by atoms with Gasteiger partial charge in [-0.15, -0.1) is 10.00 Å². The SMILES string of the molecule is CC(C)(C)OC(=O)N(C(=O)OC(C)(C)C)c1nc2cc(-c3cc(F)c(F)c(OCCC(F)C(O)c4ccc(F)cc4)c3)ccn2n1. The fraction of sp³-hybridized carbons (Fsp3) is 0.375. The number of anilines is 1. The highest BCUT2D eigenvalue weighted by atomic mass is 19.2. The van der Waals surface area contributed by atoms with Crippen LogP contribution in [0.2, 0.25) is 0 Å². The summed E-state index contributed by atoms with van der Waals surface area (Å²) in [5.41, 5.74) is -1.12. The van der Waals surface area contributed by atoms with Crippen LogP contribution in [0.15, 0.2) is 54.7 Å². The van der Waals surface area contributed by atoms with Crippen LogP contribution in [-0.2, 0) is 9.47 Å². The minimum absolute atomic E-state index is 0.131. The van der Waals surface area contributed by atoms with Crippen LogP contribution in [0, 0.1) is 17.5 Å². The molecule has 2 aromatic heterocycles. The Kier molecular flexibility index (Phi) is 9.90. The number of aliphatic hydroxyl groups excluding tert-OH is 1. The third kappa shape index (κ3) is 8.50. The summed E-state index contributed by atoms with van der Waals surface area (Å²) in [4.78, 5) is 30.8. The summed E-state index contributed by atoms with van der Waals surface area (Å²) >= 11 is 0. The van der Waals surface area contributed by atoms with E-state index in [9.17, 15) is 32.3 Å². The summed E-state index contributed by atoms with van der Waals surface area (Å²) < 4.78 is 74.3. The van der Waals surface area contributed by atoms with Gasteiger partial charge < -0.3 is 19.3 Å². The fourth-order valence-corrected chi connectivity index (χ4v) is 4.14. The molecule has 0 aliphatic heterocycles. The number of carbonyl (C=O) groups is 2. The Hall–Kier alpha value is -4.72. The number of nitrogens with zero attached hydrogens (tertiary/aromatic N) is 4. The van der Waals surface area contributed by atoms with Gasteiger partial charge in [-0.25, -0.2) is 27.3 Å². The van der Waals surface area contributed by atoms with Crippen molar-refractivity contribution >= 4 is 23.8 Å². The normalized spacial score (nSPS) is 13.3. The van der Waals surface area contributed by atoms with Gasteiger partial charge in [0.05, 0.1) is 6.61 Å². The van der Waals surface area contributed by atoms with Gasteiger partial charge in [0.15, 0.2) is 17.2 Å². The molecule has 2 amide bonds.